The smallest absolute Gasteiger partial charge is 0.286 e. The molecule has 2 aliphatic rings. The van der Waals surface area contributed by atoms with Crippen LogP contribution in [0.5, 0.6) is 5.75 Å². The van der Waals surface area contributed by atoms with Crippen molar-refractivity contribution in [2.45, 2.75) is 41.1 Å². The summed E-state index contributed by atoms with van der Waals surface area (Å²) in [5, 5.41) is 2.92. The molecule has 2 fully saturated rings. The quantitative estimate of drug-likeness (QED) is 0.406. The number of hydrogen-bond acceptors (Lipinski definition) is 9. The second-order valence-electron chi connectivity index (χ2n) is 8.34. The number of nitrogens with one attached hydrogen (secondary N) is 2. The van der Waals surface area contributed by atoms with Gasteiger partial charge in [0.15, 0.2) is 9.84 Å². The lowest BCUT2D eigenvalue weighted by Crippen LogP contribution is -2.25. The Morgan fingerprint density at radius 3 is 1.69 bits per heavy atom. The summed E-state index contributed by atoms with van der Waals surface area (Å²) in [7, 11) is -3.45. The van der Waals surface area contributed by atoms with Crippen LogP contribution in [-0.2, 0) is 32.3 Å². The van der Waals surface area contributed by atoms with Crippen molar-refractivity contribution in [1.29, 1.82) is 0 Å². The molecule has 0 aromatic heterocycles. The van der Waals surface area contributed by atoms with Crippen molar-refractivity contribution < 1.29 is 32.3 Å². The molecule has 0 radical (unpaired) electrons. The van der Waals surface area contributed by atoms with E-state index in [1.54, 1.807) is 24.3 Å². The van der Waals surface area contributed by atoms with Crippen LogP contribution in [0, 0.1) is 0 Å². The van der Waals surface area contributed by atoms with Crippen LogP contribution >= 0.6 is 23.5 Å². The van der Waals surface area contributed by atoms with E-state index in [0.29, 0.717) is 38.0 Å². The highest BCUT2D eigenvalue weighted by molar-refractivity contribution is 8.15. The molecule has 2 aliphatic heterocycles. The van der Waals surface area contributed by atoms with Gasteiger partial charge in [-0.1, -0.05) is 47.8 Å². The molecule has 4 rings (SSSR count). The number of thioether (sulfide) groups is 2. The summed E-state index contributed by atoms with van der Waals surface area (Å²) in [6.45, 7) is 0.364. The van der Waals surface area contributed by atoms with Gasteiger partial charge < -0.3 is 4.74 Å². The number of sulfone groups is 1. The van der Waals surface area contributed by atoms with Crippen molar-refractivity contribution in [2.75, 3.05) is 12.4 Å². The minimum Gasteiger partial charge on any atom is -0.494 e. The van der Waals surface area contributed by atoms with Crippen LogP contribution in [-0.4, -0.2) is 53.6 Å². The molecule has 36 heavy (non-hydrogen) atoms. The van der Waals surface area contributed by atoms with E-state index in [9.17, 15) is 27.6 Å². The van der Waals surface area contributed by atoms with Crippen LogP contribution in [0.1, 0.15) is 24.0 Å². The van der Waals surface area contributed by atoms with Crippen LogP contribution in [0.3, 0.4) is 0 Å². The van der Waals surface area contributed by atoms with Crippen LogP contribution in [0.15, 0.2) is 53.4 Å². The van der Waals surface area contributed by atoms with E-state index in [1.165, 1.54) is 12.1 Å². The average molecular weight is 549 g/mol. The zero-order valence-corrected chi connectivity index (χ0v) is 21.5. The fraction of sp³-hybridized carbons (Fsp3) is 0.333. The summed E-state index contributed by atoms with van der Waals surface area (Å²) in [6, 6.07) is 13.7. The maximum Gasteiger partial charge on any atom is 0.286 e. The maximum absolute atomic E-state index is 12.6. The highest BCUT2D eigenvalue weighted by Gasteiger charge is 2.32. The molecule has 2 atom stereocenters. The van der Waals surface area contributed by atoms with E-state index in [1.807, 2.05) is 12.1 Å². The van der Waals surface area contributed by atoms with Crippen LogP contribution in [0.2, 0.25) is 0 Å². The number of unbranched alkanes of at least 4 members (excludes halogenated alkanes) is 1. The van der Waals surface area contributed by atoms with Gasteiger partial charge in [0.2, 0.25) is 11.8 Å². The van der Waals surface area contributed by atoms with Crippen molar-refractivity contribution >= 4 is 55.7 Å². The number of amides is 4. The number of ether oxygens (including phenoxy) is 1. The first-order valence-electron chi connectivity index (χ1n) is 11.3. The van der Waals surface area contributed by atoms with E-state index in [-0.39, 0.29) is 32.9 Å². The Hall–Kier alpha value is -2.83. The molecule has 0 saturated carbocycles. The molecule has 190 valence electrons. The third-order valence-corrected chi connectivity index (χ3v) is 9.44. The van der Waals surface area contributed by atoms with Crippen LogP contribution in [0.25, 0.3) is 0 Å². The van der Waals surface area contributed by atoms with Crippen molar-refractivity contribution in [3.05, 3.63) is 59.7 Å². The van der Waals surface area contributed by atoms with Gasteiger partial charge in [0.1, 0.15) is 5.75 Å². The SMILES string of the molecule is O=C1NC(=O)C(Cc2ccc(OCCCCS(=O)(=O)c3ccc(CC4SC(=O)NC4=O)cc3)cc2)S1. The van der Waals surface area contributed by atoms with Crippen molar-refractivity contribution in [1.82, 2.24) is 10.6 Å². The first kappa shape index (κ1) is 26.2. The minimum atomic E-state index is -3.45. The number of benzene rings is 2. The van der Waals surface area contributed by atoms with Crippen molar-refractivity contribution in [3.63, 3.8) is 0 Å². The topological polar surface area (TPSA) is 136 Å². The first-order valence-corrected chi connectivity index (χ1v) is 14.7. The normalized spacial score (nSPS) is 19.9. The first-order chi connectivity index (χ1) is 17.2. The molecule has 2 saturated heterocycles. The van der Waals surface area contributed by atoms with Gasteiger partial charge in [0.05, 0.1) is 27.8 Å². The second kappa shape index (κ2) is 11.5. The molecular weight excluding hydrogens is 524 g/mol. The molecule has 2 aromatic rings. The van der Waals surface area contributed by atoms with Gasteiger partial charge in [-0.05, 0) is 61.1 Å². The predicted molar refractivity (Wildman–Crippen MR) is 137 cm³/mol. The van der Waals surface area contributed by atoms with Gasteiger partial charge in [0, 0.05) is 0 Å². The molecular formula is C24H24N2O7S3. The number of carbonyl (C=O) groups is 4. The molecule has 0 spiro atoms. The summed E-state index contributed by atoms with van der Waals surface area (Å²) in [4.78, 5) is 46.1. The molecule has 12 heteroatoms. The monoisotopic (exact) mass is 548 g/mol. The summed E-state index contributed by atoms with van der Waals surface area (Å²) < 4.78 is 31.0. The largest absolute Gasteiger partial charge is 0.494 e. The third-order valence-electron chi connectivity index (χ3n) is 5.66. The Balaban J connectivity index is 1.18. The Labute approximate surface area is 217 Å². The highest BCUT2D eigenvalue weighted by Crippen LogP contribution is 2.25. The van der Waals surface area contributed by atoms with Gasteiger partial charge >= 0.3 is 0 Å². The van der Waals surface area contributed by atoms with Crippen LogP contribution in [0.4, 0.5) is 9.59 Å². The second-order valence-corrected chi connectivity index (χ2v) is 12.8. The standard InChI is InChI=1S/C24H24N2O7S3/c27-21-19(34-23(29)25-21)13-15-3-7-17(8-4-15)33-11-1-2-12-36(31,32)18-9-5-16(6-10-18)14-20-22(28)26-24(30)35-20/h3-10,19-20H,1-2,11-14H2,(H,25,27,29)(H,26,28,30). The summed E-state index contributed by atoms with van der Waals surface area (Å²) in [5.74, 6) is 0.0395. The Morgan fingerprint density at radius 1 is 0.722 bits per heavy atom. The maximum atomic E-state index is 12.6. The number of rotatable bonds is 11. The summed E-state index contributed by atoms with van der Waals surface area (Å²) in [6.07, 6.45) is 1.80. The zero-order valence-electron chi connectivity index (χ0n) is 19.1. The highest BCUT2D eigenvalue weighted by atomic mass is 32.2. The molecule has 4 amide bonds. The van der Waals surface area contributed by atoms with E-state index in [4.69, 9.17) is 4.74 Å². The Kier molecular flexibility index (Phi) is 8.37. The van der Waals surface area contributed by atoms with Crippen LogP contribution < -0.4 is 15.4 Å². The Bertz CT molecular complexity index is 1260. The number of imide groups is 2. The molecule has 2 unspecified atom stereocenters. The van der Waals surface area contributed by atoms with Gasteiger partial charge in [0.25, 0.3) is 10.5 Å². The third kappa shape index (κ3) is 6.89. The lowest BCUT2D eigenvalue weighted by molar-refractivity contribution is -0.119. The van der Waals surface area contributed by atoms with E-state index in [0.717, 1.165) is 34.7 Å². The van der Waals surface area contributed by atoms with Crippen molar-refractivity contribution in [3.8, 4) is 5.75 Å². The van der Waals surface area contributed by atoms with Gasteiger partial charge in [-0.2, -0.15) is 0 Å². The number of carbonyl (C=O) groups excluding carboxylic acids is 4. The van der Waals surface area contributed by atoms with Gasteiger partial charge in [-0.3, -0.25) is 29.8 Å². The predicted octanol–water partition coefficient (Wildman–Crippen LogP) is 3.11. The van der Waals surface area contributed by atoms with Gasteiger partial charge in [-0.25, -0.2) is 8.42 Å². The van der Waals surface area contributed by atoms with E-state index < -0.39 is 20.3 Å². The van der Waals surface area contributed by atoms with Gasteiger partial charge in [-0.15, -0.1) is 0 Å². The fourth-order valence-corrected chi connectivity index (χ4v) is 6.83. The summed E-state index contributed by atoms with van der Waals surface area (Å²) >= 11 is 1.94. The lowest BCUT2D eigenvalue weighted by Gasteiger charge is -2.09. The zero-order chi connectivity index (χ0) is 25.7. The number of hydrogen-bond donors (Lipinski definition) is 2. The molecule has 2 heterocycles. The lowest BCUT2D eigenvalue weighted by atomic mass is 10.1. The van der Waals surface area contributed by atoms with Crippen molar-refractivity contribution in [2.24, 2.45) is 0 Å². The van der Waals surface area contributed by atoms with E-state index >= 15 is 0 Å². The molecule has 9 nitrogen and oxygen atoms in total. The molecule has 0 aliphatic carbocycles. The molecule has 2 aromatic carbocycles. The minimum absolute atomic E-state index is 0.0101. The summed E-state index contributed by atoms with van der Waals surface area (Å²) in [5.41, 5.74) is 1.70. The Morgan fingerprint density at radius 2 is 1.22 bits per heavy atom. The average Bonchev–Trinajstić information content (AvgIpc) is 3.33. The van der Waals surface area contributed by atoms with E-state index in [2.05, 4.69) is 10.6 Å². The molecule has 2 N–H and O–H groups in total. The molecule has 0 bridgehead atoms. The fourth-order valence-electron chi connectivity index (χ4n) is 3.74.